The van der Waals surface area contributed by atoms with E-state index < -0.39 is 0 Å². The summed E-state index contributed by atoms with van der Waals surface area (Å²) < 4.78 is 2.13. The monoisotopic (exact) mass is 461 g/mol. The summed E-state index contributed by atoms with van der Waals surface area (Å²) in [6.45, 7) is 5.78. The van der Waals surface area contributed by atoms with Crippen LogP contribution in [0.2, 0.25) is 0 Å². The summed E-state index contributed by atoms with van der Waals surface area (Å²) in [5, 5.41) is 9.57. The molecule has 142 valence electrons. The van der Waals surface area contributed by atoms with Gasteiger partial charge in [0.25, 0.3) is 0 Å². The van der Waals surface area contributed by atoms with Crippen LogP contribution < -0.4 is 16.0 Å². The second kappa shape index (κ2) is 13.0. The first-order valence-corrected chi connectivity index (χ1v) is 9.20. The van der Waals surface area contributed by atoms with Gasteiger partial charge in [0.15, 0.2) is 5.96 Å². The predicted octanol–water partition coefficient (Wildman–Crippen LogP) is 2.36. The number of guanidine groups is 1. The van der Waals surface area contributed by atoms with Crippen LogP contribution in [0.5, 0.6) is 0 Å². The number of amides is 1. The highest BCUT2D eigenvalue weighted by Gasteiger charge is 2.20. The molecule has 1 aliphatic rings. The average Bonchev–Trinajstić information content (AvgIpc) is 3.12. The van der Waals surface area contributed by atoms with Gasteiger partial charge in [-0.2, -0.15) is 0 Å². The molecule has 1 aromatic rings. The third kappa shape index (κ3) is 8.60. The zero-order valence-corrected chi connectivity index (χ0v) is 17.5. The fourth-order valence-corrected chi connectivity index (χ4v) is 3.02. The number of carbonyl (C=O) groups is 1. The topological polar surface area (TPSA) is 70.4 Å². The maximum Gasteiger partial charge on any atom is 0.223 e. The molecule has 0 bridgehead atoms. The smallest absolute Gasteiger partial charge is 0.223 e. The summed E-state index contributed by atoms with van der Waals surface area (Å²) in [5.74, 6) is 1.22. The number of rotatable bonds is 8. The molecular formula is C18H32IN5O. The summed E-state index contributed by atoms with van der Waals surface area (Å²) in [6.07, 6.45) is 9.82. The highest BCUT2D eigenvalue weighted by Crippen LogP contribution is 2.23. The van der Waals surface area contributed by atoms with E-state index in [4.69, 9.17) is 0 Å². The Balaban J connectivity index is 0.00000312. The number of carbonyl (C=O) groups excluding carboxylic acids is 1. The minimum Gasteiger partial charge on any atom is -0.357 e. The molecule has 1 saturated carbocycles. The first-order chi connectivity index (χ1) is 11.8. The lowest BCUT2D eigenvalue weighted by Crippen LogP contribution is -2.39. The van der Waals surface area contributed by atoms with Crippen LogP contribution in [0.25, 0.3) is 0 Å². The Bertz CT molecular complexity index is 498. The highest BCUT2D eigenvalue weighted by molar-refractivity contribution is 14.0. The molecule has 1 amide bonds. The molecule has 0 aromatic carbocycles. The second-order valence-corrected chi connectivity index (χ2v) is 6.23. The molecule has 1 aromatic heterocycles. The van der Waals surface area contributed by atoms with Crippen molar-refractivity contribution in [3.05, 3.63) is 24.5 Å². The third-order valence-corrected chi connectivity index (χ3v) is 4.33. The van der Waals surface area contributed by atoms with Crippen LogP contribution in [0, 0.1) is 5.92 Å². The van der Waals surface area contributed by atoms with Crippen LogP contribution >= 0.6 is 24.0 Å². The maximum absolute atomic E-state index is 12.1. The lowest BCUT2D eigenvalue weighted by molar-refractivity contribution is -0.125. The van der Waals surface area contributed by atoms with E-state index in [9.17, 15) is 4.79 Å². The number of nitrogens with one attached hydrogen (secondary N) is 3. The van der Waals surface area contributed by atoms with E-state index in [0.717, 1.165) is 38.4 Å². The van der Waals surface area contributed by atoms with Crippen molar-refractivity contribution >= 4 is 35.8 Å². The van der Waals surface area contributed by atoms with Gasteiger partial charge < -0.3 is 20.5 Å². The molecule has 0 atom stereocenters. The summed E-state index contributed by atoms with van der Waals surface area (Å²) in [5.41, 5.74) is 0. The fourth-order valence-electron chi connectivity index (χ4n) is 3.02. The van der Waals surface area contributed by atoms with Crippen molar-refractivity contribution in [2.75, 3.05) is 26.2 Å². The first kappa shape index (κ1) is 21.8. The Morgan fingerprint density at radius 3 is 2.48 bits per heavy atom. The number of hydrogen-bond acceptors (Lipinski definition) is 2. The number of aliphatic imine (C=N–C) groups is 1. The van der Waals surface area contributed by atoms with Gasteiger partial charge in [-0.05, 0) is 31.9 Å². The normalized spacial score (nSPS) is 15.3. The van der Waals surface area contributed by atoms with Gasteiger partial charge in [-0.3, -0.25) is 9.79 Å². The van der Waals surface area contributed by atoms with E-state index in [1.165, 1.54) is 19.3 Å². The van der Waals surface area contributed by atoms with Crippen LogP contribution in [-0.2, 0) is 11.3 Å². The third-order valence-electron chi connectivity index (χ3n) is 4.33. The molecule has 0 spiro atoms. The van der Waals surface area contributed by atoms with Gasteiger partial charge in [0.05, 0.1) is 6.54 Å². The Hall–Kier alpha value is -1.25. The van der Waals surface area contributed by atoms with Crippen LogP contribution in [-0.4, -0.2) is 42.6 Å². The molecule has 0 aliphatic heterocycles. The Kier molecular flexibility index (Phi) is 11.3. The summed E-state index contributed by atoms with van der Waals surface area (Å²) in [7, 11) is 0. The standard InChI is InChI=1S/C18H31N5O.HI/c1-2-19-18(22-12-15-23-13-6-7-14-23)21-11-10-20-17(24)16-8-4-3-5-9-16;/h6-7,13-14,16H,2-5,8-12,15H2,1H3,(H,20,24)(H2,19,21,22);1H. The molecule has 2 rings (SSSR count). The van der Waals surface area contributed by atoms with Crippen LogP contribution in [0.4, 0.5) is 0 Å². The second-order valence-electron chi connectivity index (χ2n) is 6.23. The minimum atomic E-state index is 0. The number of hydrogen-bond donors (Lipinski definition) is 3. The fraction of sp³-hybridized carbons (Fsp3) is 0.667. The Morgan fingerprint density at radius 1 is 1.08 bits per heavy atom. The van der Waals surface area contributed by atoms with E-state index in [-0.39, 0.29) is 35.8 Å². The largest absolute Gasteiger partial charge is 0.357 e. The van der Waals surface area contributed by atoms with E-state index in [2.05, 4.69) is 25.5 Å². The lowest BCUT2D eigenvalue weighted by Gasteiger charge is -2.20. The van der Waals surface area contributed by atoms with Crippen LogP contribution in [0.15, 0.2) is 29.5 Å². The van der Waals surface area contributed by atoms with E-state index in [0.29, 0.717) is 13.1 Å². The molecule has 1 fully saturated rings. The number of halogens is 1. The van der Waals surface area contributed by atoms with E-state index >= 15 is 0 Å². The van der Waals surface area contributed by atoms with Gasteiger partial charge in [-0.1, -0.05) is 19.3 Å². The molecule has 25 heavy (non-hydrogen) atoms. The summed E-state index contributed by atoms with van der Waals surface area (Å²) in [6, 6.07) is 4.04. The highest BCUT2D eigenvalue weighted by atomic mass is 127. The van der Waals surface area contributed by atoms with Crippen LogP contribution in [0.3, 0.4) is 0 Å². The van der Waals surface area contributed by atoms with Crippen molar-refractivity contribution in [1.82, 2.24) is 20.5 Å². The SMILES string of the molecule is CCNC(=NCCNC(=O)C1CCCCC1)NCCn1cccc1.I. The molecule has 0 radical (unpaired) electrons. The molecule has 1 heterocycles. The van der Waals surface area contributed by atoms with Crippen molar-refractivity contribution in [3.8, 4) is 0 Å². The van der Waals surface area contributed by atoms with Crippen molar-refractivity contribution in [3.63, 3.8) is 0 Å². The molecule has 0 saturated heterocycles. The zero-order valence-electron chi connectivity index (χ0n) is 15.2. The number of aromatic nitrogens is 1. The van der Waals surface area contributed by atoms with Crippen molar-refractivity contribution < 1.29 is 4.79 Å². The predicted molar refractivity (Wildman–Crippen MR) is 113 cm³/mol. The van der Waals surface area contributed by atoms with Crippen molar-refractivity contribution in [1.29, 1.82) is 0 Å². The van der Waals surface area contributed by atoms with Crippen molar-refractivity contribution in [2.24, 2.45) is 10.9 Å². The van der Waals surface area contributed by atoms with E-state index in [1.54, 1.807) is 0 Å². The van der Waals surface area contributed by atoms with Gasteiger partial charge in [0.1, 0.15) is 0 Å². The molecule has 7 heteroatoms. The van der Waals surface area contributed by atoms with Gasteiger partial charge >= 0.3 is 0 Å². The molecule has 0 unspecified atom stereocenters. The molecule has 1 aliphatic carbocycles. The molecule has 3 N–H and O–H groups in total. The van der Waals surface area contributed by atoms with Gasteiger partial charge in [-0.15, -0.1) is 24.0 Å². The first-order valence-electron chi connectivity index (χ1n) is 9.20. The lowest BCUT2D eigenvalue weighted by atomic mass is 9.89. The van der Waals surface area contributed by atoms with Gasteiger partial charge in [0.2, 0.25) is 5.91 Å². The molecular weight excluding hydrogens is 429 g/mol. The Labute approximate surface area is 168 Å². The minimum absolute atomic E-state index is 0. The average molecular weight is 461 g/mol. The zero-order chi connectivity index (χ0) is 17.0. The Morgan fingerprint density at radius 2 is 1.80 bits per heavy atom. The maximum atomic E-state index is 12.1. The summed E-state index contributed by atoms with van der Waals surface area (Å²) in [4.78, 5) is 16.6. The molecule has 6 nitrogen and oxygen atoms in total. The van der Waals surface area contributed by atoms with Crippen molar-refractivity contribution in [2.45, 2.75) is 45.6 Å². The van der Waals surface area contributed by atoms with Gasteiger partial charge in [0, 0.05) is 44.5 Å². The quantitative estimate of drug-likeness (QED) is 0.241. The van der Waals surface area contributed by atoms with E-state index in [1.807, 2.05) is 31.5 Å². The summed E-state index contributed by atoms with van der Waals surface area (Å²) >= 11 is 0. The number of nitrogens with zero attached hydrogens (tertiary/aromatic N) is 2. The van der Waals surface area contributed by atoms with Gasteiger partial charge in [-0.25, -0.2) is 0 Å². The van der Waals surface area contributed by atoms with Crippen LogP contribution in [0.1, 0.15) is 39.0 Å².